The molecule has 0 aromatic carbocycles. The fourth-order valence-electron chi connectivity index (χ4n) is 7.83. The maximum atomic E-state index is 12.4. The number of carbonyl (C=O) groups excluding carboxylic acids is 2. The van der Waals surface area contributed by atoms with E-state index >= 15 is 0 Å². The van der Waals surface area contributed by atoms with Crippen LogP contribution in [0.15, 0.2) is 36.5 Å². The average Bonchev–Trinajstić information content (AvgIpc) is 3.25. The van der Waals surface area contributed by atoms with E-state index < -0.39 is 12.1 Å². The Balaban J connectivity index is 3.43. The van der Waals surface area contributed by atoms with Crippen LogP contribution < -0.4 is 5.32 Å². The number of amides is 1. The highest BCUT2D eigenvalue weighted by Crippen LogP contribution is 2.16. The smallest absolute Gasteiger partial charge is 0.305 e. The molecule has 352 valence electrons. The standard InChI is InChI=1S/C54H101NO5/c1-3-5-7-9-11-13-15-16-24-28-32-36-40-44-48-54(59)60-49-45-41-37-33-29-25-22-20-18-17-19-21-23-27-31-35-39-43-47-53(58)55-51(50-56)52(57)46-42-38-34-30-26-14-12-10-8-6-4-2/h9,11,15-16,42,46,51-52,56-57H,3-8,10,12-14,17-41,43-45,47-50H2,1-2H3,(H,55,58)/b11-9-,16-15-,46-42+. The summed E-state index contributed by atoms with van der Waals surface area (Å²) in [5.74, 6) is -0.0831. The van der Waals surface area contributed by atoms with Crippen LogP contribution in [0.5, 0.6) is 0 Å². The fourth-order valence-corrected chi connectivity index (χ4v) is 7.83. The fraction of sp³-hybridized carbons (Fsp3) is 0.852. The predicted octanol–water partition coefficient (Wildman–Crippen LogP) is 15.7. The van der Waals surface area contributed by atoms with Gasteiger partial charge >= 0.3 is 5.97 Å². The van der Waals surface area contributed by atoms with E-state index in [0.29, 0.717) is 19.4 Å². The lowest BCUT2D eigenvalue weighted by Crippen LogP contribution is -2.45. The van der Waals surface area contributed by atoms with E-state index in [9.17, 15) is 19.8 Å². The zero-order chi connectivity index (χ0) is 43.7. The van der Waals surface area contributed by atoms with Crippen molar-refractivity contribution in [1.82, 2.24) is 5.32 Å². The summed E-state index contributed by atoms with van der Waals surface area (Å²) < 4.78 is 5.46. The van der Waals surface area contributed by atoms with Crippen LogP contribution in [0.25, 0.3) is 0 Å². The molecule has 0 saturated carbocycles. The van der Waals surface area contributed by atoms with Crippen LogP contribution in [-0.4, -0.2) is 47.4 Å². The normalized spacial score (nSPS) is 12.9. The van der Waals surface area contributed by atoms with Gasteiger partial charge in [-0.2, -0.15) is 0 Å². The molecule has 0 rings (SSSR count). The van der Waals surface area contributed by atoms with Gasteiger partial charge in [0.05, 0.1) is 25.4 Å². The predicted molar refractivity (Wildman–Crippen MR) is 259 cm³/mol. The first-order valence-corrected chi connectivity index (χ1v) is 26.3. The molecule has 0 aromatic rings. The number of ether oxygens (including phenoxy) is 1. The maximum absolute atomic E-state index is 12.4. The topological polar surface area (TPSA) is 95.9 Å². The van der Waals surface area contributed by atoms with Gasteiger partial charge in [0.15, 0.2) is 0 Å². The van der Waals surface area contributed by atoms with Gasteiger partial charge in [-0.3, -0.25) is 9.59 Å². The molecule has 6 nitrogen and oxygen atoms in total. The van der Waals surface area contributed by atoms with E-state index in [1.54, 1.807) is 6.08 Å². The minimum absolute atomic E-state index is 0.00885. The van der Waals surface area contributed by atoms with E-state index in [1.165, 1.54) is 193 Å². The minimum atomic E-state index is -0.846. The van der Waals surface area contributed by atoms with Gasteiger partial charge in [-0.05, 0) is 57.8 Å². The van der Waals surface area contributed by atoms with Crippen molar-refractivity contribution >= 4 is 11.9 Å². The van der Waals surface area contributed by atoms with E-state index in [4.69, 9.17) is 4.74 Å². The molecule has 0 aromatic heterocycles. The van der Waals surface area contributed by atoms with Gasteiger partial charge in [0, 0.05) is 12.8 Å². The third-order valence-corrected chi connectivity index (χ3v) is 11.9. The van der Waals surface area contributed by atoms with Crippen molar-refractivity contribution in [2.45, 2.75) is 283 Å². The summed E-state index contributed by atoms with van der Waals surface area (Å²) in [6.45, 7) is 4.83. The van der Waals surface area contributed by atoms with Crippen molar-refractivity contribution in [2.75, 3.05) is 13.2 Å². The Morgan fingerprint density at radius 1 is 0.467 bits per heavy atom. The number of hydrogen-bond donors (Lipinski definition) is 3. The first-order valence-electron chi connectivity index (χ1n) is 26.3. The first kappa shape index (κ1) is 58.1. The maximum Gasteiger partial charge on any atom is 0.305 e. The number of rotatable bonds is 48. The molecule has 3 N–H and O–H groups in total. The highest BCUT2D eigenvalue weighted by Gasteiger charge is 2.18. The molecule has 0 bridgehead atoms. The molecule has 1 amide bonds. The van der Waals surface area contributed by atoms with E-state index in [2.05, 4.69) is 43.5 Å². The van der Waals surface area contributed by atoms with E-state index in [1.807, 2.05) is 6.08 Å². The third-order valence-electron chi connectivity index (χ3n) is 11.9. The second-order valence-electron chi connectivity index (χ2n) is 17.9. The summed E-state index contributed by atoms with van der Waals surface area (Å²) in [5, 5.41) is 23.0. The van der Waals surface area contributed by atoms with Crippen molar-refractivity contribution in [2.24, 2.45) is 0 Å². The lowest BCUT2D eigenvalue weighted by Gasteiger charge is -2.20. The number of aliphatic hydroxyl groups excluding tert-OH is 2. The summed E-state index contributed by atoms with van der Waals surface area (Å²) in [7, 11) is 0. The van der Waals surface area contributed by atoms with Crippen molar-refractivity contribution in [3.8, 4) is 0 Å². The second kappa shape index (κ2) is 49.7. The summed E-state index contributed by atoms with van der Waals surface area (Å²) in [6, 6.07) is -0.630. The number of esters is 1. The molecular formula is C54H101NO5. The molecule has 60 heavy (non-hydrogen) atoms. The molecule has 0 saturated heterocycles. The first-order chi connectivity index (χ1) is 29.5. The van der Waals surface area contributed by atoms with Crippen LogP contribution in [0.3, 0.4) is 0 Å². The van der Waals surface area contributed by atoms with Crippen LogP contribution in [0.2, 0.25) is 0 Å². The molecule has 2 unspecified atom stereocenters. The van der Waals surface area contributed by atoms with Gasteiger partial charge < -0.3 is 20.3 Å². The van der Waals surface area contributed by atoms with Crippen LogP contribution in [0.4, 0.5) is 0 Å². The minimum Gasteiger partial charge on any atom is -0.466 e. The molecule has 0 aliphatic rings. The Hall–Kier alpha value is -1.92. The van der Waals surface area contributed by atoms with Gasteiger partial charge in [0.2, 0.25) is 5.91 Å². The molecule has 0 aliphatic carbocycles. The van der Waals surface area contributed by atoms with Gasteiger partial charge in [0.25, 0.3) is 0 Å². The molecule has 0 aliphatic heterocycles. The lowest BCUT2D eigenvalue weighted by atomic mass is 10.0. The Labute approximate surface area is 373 Å². The Kier molecular flexibility index (Phi) is 48.1. The third kappa shape index (κ3) is 45.6. The van der Waals surface area contributed by atoms with Crippen molar-refractivity contribution in [1.29, 1.82) is 0 Å². The zero-order valence-corrected chi connectivity index (χ0v) is 39.9. The van der Waals surface area contributed by atoms with Gasteiger partial charge in [-0.15, -0.1) is 0 Å². The highest BCUT2D eigenvalue weighted by molar-refractivity contribution is 5.76. The number of hydrogen-bond acceptors (Lipinski definition) is 5. The summed E-state index contributed by atoms with van der Waals surface area (Å²) in [5.41, 5.74) is 0. The van der Waals surface area contributed by atoms with Crippen molar-refractivity contribution in [3.63, 3.8) is 0 Å². The summed E-state index contributed by atoms with van der Waals surface area (Å²) in [6.07, 6.45) is 60.0. The van der Waals surface area contributed by atoms with E-state index in [0.717, 1.165) is 51.4 Å². The number of unbranched alkanes of at least 4 members (excludes halogenated alkanes) is 33. The Morgan fingerprint density at radius 2 is 0.850 bits per heavy atom. The van der Waals surface area contributed by atoms with E-state index in [-0.39, 0.29) is 18.5 Å². The van der Waals surface area contributed by atoms with Crippen LogP contribution in [0, 0.1) is 0 Å². The van der Waals surface area contributed by atoms with Gasteiger partial charge in [0.1, 0.15) is 0 Å². The molecular weight excluding hydrogens is 743 g/mol. The summed E-state index contributed by atoms with van der Waals surface area (Å²) in [4.78, 5) is 24.4. The van der Waals surface area contributed by atoms with Crippen molar-refractivity contribution in [3.05, 3.63) is 36.5 Å². The van der Waals surface area contributed by atoms with Gasteiger partial charge in [-0.1, -0.05) is 237 Å². The SMILES string of the molecule is CCCC/C=C\C/C=C\CCCCCCCC(=O)OCCCCCCCCCCCCCCCCCCCCC(=O)NC(CO)C(O)/C=C/CCCCCCCCCCC. The lowest BCUT2D eigenvalue weighted by molar-refractivity contribution is -0.143. The number of carbonyl (C=O) groups is 2. The second-order valence-corrected chi connectivity index (χ2v) is 17.9. The molecule has 2 atom stereocenters. The quantitative estimate of drug-likeness (QED) is 0.0322. The van der Waals surface area contributed by atoms with Crippen LogP contribution in [0.1, 0.15) is 271 Å². The number of aliphatic hydroxyl groups is 2. The van der Waals surface area contributed by atoms with Crippen LogP contribution >= 0.6 is 0 Å². The molecule has 0 heterocycles. The van der Waals surface area contributed by atoms with Gasteiger partial charge in [-0.25, -0.2) is 0 Å². The van der Waals surface area contributed by atoms with Crippen LogP contribution in [-0.2, 0) is 14.3 Å². The number of nitrogens with one attached hydrogen (secondary N) is 1. The molecule has 0 radical (unpaired) electrons. The monoisotopic (exact) mass is 844 g/mol. The largest absolute Gasteiger partial charge is 0.466 e. The Morgan fingerprint density at radius 3 is 1.32 bits per heavy atom. The molecule has 0 fully saturated rings. The Bertz CT molecular complexity index is 977. The average molecular weight is 844 g/mol. The highest BCUT2D eigenvalue weighted by atomic mass is 16.5. The zero-order valence-electron chi connectivity index (χ0n) is 39.9. The number of allylic oxidation sites excluding steroid dienone is 5. The summed E-state index contributed by atoms with van der Waals surface area (Å²) >= 11 is 0. The molecule has 6 heteroatoms. The molecule has 0 spiro atoms. The van der Waals surface area contributed by atoms with Crippen molar-refractivity contribution < 1.29 is 24.5 Å².